The second kappa shape index (κ2) is 7.20. The first-order chi connectivity index (χ1) is 15.1. The largest absolute Gasteiger partial charge is 0.508 e. The minimum Gasteiger partial charge on any atom is -0.508 e. The Hall–Kier alpha value is -2.60. The predicted octanol–water partition coefficient (Wildman–Crippen LogP) is 4.82. The van der Waals surface area contributed by atoms with Gasteiger partial charge in [-0.2, -0.15) is 0 Å². The average Bonchev–Trinajstić information content (AvgIpc) is 3.06. The van der Waals surface area contributed by atoms with Crippen LogP contribution >= 0.6 is 0 Å². The van der Waals surface area contributed by atoms with E-state index in [2.05, 4.69) is 13.8 Å². The molecule has 2 aromatic carbocycles. The number of methoxy groups -OCH3 is 1. The Morgan fingerprint density at radius 2 is 1.94 bits per heavy atom. The summed E-state index contributed by atoms with van der Waals surface area (Å²) in [6.45, 7) is 8.22. The van der Waals surface area contributed by atoms with Crippen LogP contribution in [0.1, 0.15) is 74.8 Å². The molecule has 0 amide bonds. The summed E-state index contributed by atoms with van der Waals surface area (Å²) >= 11 is 0. The highest BCUT2D eigenvalue weighted by Crippen LogP contribution is 2.57. The normalized spacial score (nSPS) is 22.4. The van der Waals surface area contributed by atoms with Crippen molar-refractivity contribution in [2.24, 2.45) is 0 Å². The van der Waals surface area contributed by atoms with Crippen LogP contribution in [0, 0.1) is 0 Å². The smallest absolute Gasteiger partial charge is 0.141 e. The summed E-state index contributed by atoms with van der Waals surface area (Å²) in [5.74, 6) is 3.21. The molecule has 6 heteroatoms. The molecule has 2 unspecified atom stereocenters. The monoisotopic (exact) mass is 440 g/mol. The van der Waals surface area contributed by atoms with E-state index in [1.807, 2.05) is 12.1 Å². The summed E-state index contributed by atoms with van der Waals surface area (Å²) < 4.78 is 24.7. The van der Waals surface area contributed by atoms with Gasteiger partial charge in [0.2, 0.25) is 0 Å². The van der Waals surface area contributed by atoms with Gasteiger partial charge in [-0.1, -0.05) is 0 Å². The van der Waals surface area contributed by atoms with Crippen LogP contribution in [-0.2, 0) is 12.8 Å². The van der Waals surface area contributed by atoms with Crippen molar-refractivity contribution in [3.05, 3.63) is 40.5 Å². The maximum absolute atomic E-state index is 10.6. The van der Waals surface area contributed by atoms with Gasteiger partial charge >= 0.3 is 0 Å². The lowest BCUT2D eigenvalue weighted by Crippen LogP contribution is -2.33. The molecule has 0 saturated heterocycles. The molecule has 5 rings (SSSR count). The number of phenolic OH excluding ortho intramolecular Hbond substituents is 1. The first-order valence-electron chi connectivity index (χ1n) is 11.4. The Kier molecular flexibility index (Phi) is 4.79. The molecule has 32 heavy (non-hydrogen) atoms. The minimum absolute atomic E-state index is 0.00638. The lowest BCUT2D eigenvalue weighted by Gasteiger charge is -2.36. The first kappa shape index (κ1) is 21.3. The van der Waals surface area contributed by atoms with E-state index in [1.165, 1.54) is 0 Å². The summed E-state index contributed by atoms with van der Waals surface area (Å²) in [5.41, 5.74) is 2.80. The fraction of sp³-hybridized carbons (Fsp3) is 0.538. The van der Waals surface area contributed by atoms with E-state index in [1.54, 1.807) is 27.0 Å². The van der Waals surface area contributed by atoms with Crippen molar-refractivity contribution in [3.8, 4) is 28.7 Å². The Bertz CT molecular complexity index is 1070. The van der Waals surface area contributed by atoms with Crippen LogP contribution in [0.25, 0.3) is 0 Å². The van der Waals surface area contributed by atoms with Gasteiger partial charge in [0, 0.05) is 23.3 Å². The number of aryl methyl sites for hydroxylation is 1. The number of hydrogen-bond acceptors (Lipinski definition) is 6. The summed E-state index contributed by atoms with van der Waals surface area (Å²) in [4.78, 5) is 0. The highest BCUT2D eigenvalue weighted by atomic mass is 16.5. The molecule has 6 nitrogen and oxygen atoms in total. The maximum Gasteiger partial charge on any atom is 0.141 e. The van der Waals surface area contributed by atoms with Gasteiger partial charge in [-0.05, 0) is 65.0 Å². The third-order valence-corrected chi connectivity index (χ3v) is 6.85. The fourth-order valence-corrected chi connectivity index (χ4v) is 5.06. The second-order valence-corrected chi connectivity index (χ2v) is 10.4. The highest BCUT2D eigenvalue weighted by Gasteiger charge is 2.45. The van der Waals surface area contributed by atoms with E-state index in [9.17, 15) is 10.2 Å². The number of ether oxygens (including phenoxy) is 4. The van der Waals surface area contributed by atoms with Crippen molar-refractivity contribution in [1.82, 2.24) is 0 Å². The molecule has 0 fully saturated rings. The number of benzene rings is 2. The van der Waals surface area contributed by atoms with Crippen LogP contribution in [-0.4, -0.2) is 35.1 Å². The quantitative estimate of drug-likeness (QED) is 0.710. The maximum atomic E-state index is 10.6. The van der Waals surface area contributed by atoms with E-state index in [0.29, 0.717) is 25.2 Å². The zero-order valence-electron chi connectivity index (χ0n) is 19.4. The van der Waals surface area contributed by atoms with E-state index in [4.69, 9.17) is 18.9 Å². The molecule has 0 aliphatic carbocycles. The molecule has 2 atom stereocenters. The van der Waals surface area contributed by atoms with Crippen LogP contribution in [0.15, 0.2) is 18.2 Å². The Labute approximate surface area is 189 Å². The molecule has 3 heterocycles. The topological polar surface area (TPSA) is 77.4 Å². The predicted molar refractivity (Wildman–Crippen MR) is 120 cm³/mol. The number of fused-ring (bicyclic) bond motifs is 6. The standard InChI is InChI=1S/C26H32O6/c1-25(2,28)8-6-14-10-16-17-13-30-21-12-20-15(7-9-26(3,4)32-20)23(29-5)22(21)24(17)31-19(16)11-18(14)27/h10-12,17,24,27-28H,6-9,13H2,1-5H3. The van der Waals surface area contributed by atoms with E-state index in [-0.39, 0.29) is 23.4 Å². The number of rotatable bonds is 4. The zero-order valence-corrected chi connectivity index (χ0v) is 19.4. The van der Waals surface area contributed by atoms with E-state index in [0.717, 1.165) is 52.3 Å². The molecule has 2 N–H and O–H groups in total. The van der Waals surface area contributed by atoms with Crippen LogP contribution in [0.2, 0.25) is 0 Å². The number of phenols is 1. The fourth-order valence-electron chi connectivity index (χ4n) is 5.06. The number of hydrogen-bond donors (Lipinski definition) is 2. The second-order valence-electron chi connectivity index (χ2n) is 10.4. The lowest BCUT2D eigenvalue weighted by molar-refractivity contribution is 0.0712. The van der Waals surface area contributed by atoms with Crippen molar-refractivity contribution in [1.29, 1.82) is 0 Å². The summed E-state index contributed by atoms with van der Waals surface area (Å²) in [6.07, 6.45) is 2.67. The summed E-state index contributed by atoms with van der Waals surface area (Å²) in [6, 6.07) is 5.68. The molecule has 0 saturated carbocycles. The van der Waals surface area contributed by atoms with Gasteiger partial charge in [0.1, 0.15) is 40.5 Å². The molecule has 0 spiro atoms. The van der Waals surface area contributed by atoms with Gasteiger partial charge in [0.25, 0.3) is 0 Å². The average molecular weight is 441 g/mol. The van der Waals surface area contributed by atoms with Crippen molar-refractivity contribution >= 4 is 0 Å². The molecular formula is C26H32O6. The van der Waals surface area contributed by atoms with Crippen molar-refractivity contribution in [2.75, 3.05) is 13.7 Å². The van der Waals surface area contributed by atoms with Gasteiger partial charge in [-0.3, -0.25) is 0 Å². The Morgan fingerprint density at radius 3 is 2.66 bits per heavy atom. The van der Waals surface area contributed by atoms with Crippen LogP contribution in [0.5, 0.6) is 28.7 Å². The summed E-state index contributed by atoms with van der Waals surface area (Å²) in [7, 11) is 1.68. The molecular weight excluding hydrogens is 408 g/mol. The van der Waals surface area contributed by atoms with Gasteiger partial charge < -0.3 is 29.2 Å². The number of aliphatic hydroxyl groups is 1. The molecule has 3 aliphatic rings. The van der Waals surface area contributed by atoms with Crippen LogP contribution in [0.4, 0.5) is 0 Å². The van der Waals surface area contributed by atoms with Crippen molar-refractivity contribution in [2.45, 2.75) is 76.6 Å². The molecule has 0 radical (unpaired) electrons. The first-order valence-corrected chi connectivity index (χ1v) is 11.4. The summed E-state index contributed by atoms with van der Waals surface area (Å²) in [5, 5.41) is 20.7. The molecule has 172 valence electrons. The van der Waals surface area contributed by atoms with E-state index >= 15 is 0 Å². The number of aromatic hydroxyl groups is 1. The molecule has 0 bridgehead atoms. The van der Waals surface area contributed by atoms with E-state index < -0.39 is 5.60 Å². The molecule has 2 aromatic rings. The SMILES string of the molecule is COc1c2c(cc3c1C1Oc4cc(O)c(CCC(C)(C)O)cc4C1CO3)OC(C)(C)CC2. The molecule has 0 aromatic heterocycles. The minimum atomic E-state index is -0.791. The van der Waals surface area contributed by atoms with Gasteiger partial charge in [0.15, 0.2) is 0 Å². The highest BCUT2D eigenvalue weighted by molar-refractivity contribution is 5.63. The van der Waals surface area contributed by atoms with Gasteiger partial charge in [-0.25, -0.2) is 0 Å². The Morgan fingerprint density at radius 1 is 1.16 bits per heavy atom. The van der Waals surface area contributed by atoms with Gasteiger partial charge in [0.05, 0.1) is 30.8 Å². The van der Waals surface area contributed by atoms with Crippen molar-refractivity contribution < 1.29 is 29.2 Å². The van der Waals surface area contributed by atoms with Gasteiger partial charge in [-0.15, -0.1) is 0 Å². The van der Waals surface area contributed by atoms with Crippen LogP contribution in [0.3, 0.4) is 0 Å². The van der Waals surface area contributed by atoms with Crippen molar-refractivity contribution in [3.63, 3.8) is 0 Å². The Balaban J connectivity index is 1.53. The third-order valence-electron chi connectivity index (χ3n) is 6.85. The lowest BCUT2D eigenvalue weighted by atomic mass is 9.84. The third kappa shape index (κ3) is 3.54. The molecule has 3 aliphatic heterocycles. The zero-order chi connectivity index (χ0) is 22.8. The van der Waals surface area contributed by atoms with Crippen LogP contribution < -0.4 is 18.9 Å².